The smallest absolute Gasteiger partial charge is 0.185 e. The maximum atomic E-state index is 2.67. The number of nitrogens with zero attached hydrogens (tertiary/aromatic N) is 2. The first kappa shape index (κ1) is 7.62. The van der Waals surface area contributed by atoms with E-state index in [0.29, 0.717) is 0 Å². The van der Waals surface area contributed by atoms with Crippen LogP contribution in [0.15, 0.2) is 0 Å². The van der Waals surface area contributed by atoms with Gasteiger partial charge in [-0.2, -0.15) is 0 Å². The Labute approximate surface area is 70.0 Å². The Morgan fingerprint density at radius 2 is 1.82 bits per heavy atom. The van der Waals surface area contributed by atoms with Gasteiger partial charge in [0.2, 0.25) is 0 Å². The lowest BCUT2D eigenvalue weighted by molar-refractivity contribution is -0.0648. The summed E-state index contributed by atoms with van der Waals surface area (Å²) in [6.45, 7) is 7.19. The number of piperidine rings is 1. The van der Waals surface area contributed by atoms with Gasteiger partial charge in [-0.3, -0.25) is 4.90 Å². The van der Waals surface area contributed by atoms with Crippen LogP contribution in [0, 0.1) is 0 Å². The number of piperazine rings is 1. The summed E-state index contributed by atoms with van der Waals surface area (Å²) >= 11 is 0. The molecule has 2 nitrogen and oxygen atoms in total. The van der Waals surface area contributed by atoms with E-state index in [0.717, 1.165) is 18.1 Å². The van der Waals surface area contributed by atoms with Crippen molar-refractivity contribution in [3.05, 3.63) is 0 Å². The number of hydrogen-bond donors (Lipinski definition) is 0. The van der Waals surface area contributed by atoms with Gasteiger partial charge in [0.05, 0.1) is 0 Å². The van der Waals surface area contributed by atoms with E-state index in [4.69, 9.17) is 0 Å². The van der Waals surface area contributed by atoms with E-state index in [1.807, 2.05) is 0 Å². The van der Waals surface area contributed by atoms with Crippen molar-refractivity contribution >= 4 is 7.98 Å². The molecule has 3 heteroatoms. The highest BCUT2D eigenvalue weighted by molar-refractivity contribution is 6.04. The molecule has 0 radical (unpaired) electrons. The summed E-state index contributed by atoms with van der Waals surface area (Å²) in [6.07, 6.45) is 1.45. The van der Waals surface area contributed by atoms with E-state index in [1.54, 1.807) is 0 Å². The zero-order chi connectivity index (χ0) is 8.01. The van der Waals surface area contributed by atoms with Gasteiger partial charge in [-0.15, -0.1) is 0 Å². The summed E-state index contributed by atoms with van der Waals surface area (Å²) in [5, 5.41) is 0. The molecule has 62 valence electrons. The number of rotatable bonds is 1. The van der Waals surface area contributed by atoms with Gasteiger partial charge >= 0.3 is 0 Å². The molecule has 11 heavy (non-hydrogen) atoms. The zero-order valence-electron chi connectivity index (χ0n) is 7.75. The molecule has 2 atom stereocenters. The van der Waals surface area contributed by atoms with Crippen LogP contribution >= 0.6 is 0 Å². The van der Waals surface area contributed by atoms with Crippen LogP contribution in [-0.2, 0) is 0 Å². The first-order chi connectivity index (χ1) is 5.18. The van der Waals surface area contributed by atoms with Crippen molar-refractivity contribution in [2.75, 3.05) is 13.1 Å². The summed E-state index contributed by atoms with van der Waals surface area (Å²) in [5.41, 5.74) is 0. The number of fused-ring (bicyclic) bond motifs is 2. The highest BCUT2D eigenvalue weighted by Crippen LogP contribution is 2.32. The van der Waals surface area contributed by atoms with Crippen molar-refractivity contribution < 1.29 is 0 Å². The average Bonchev–Trinajstić information content (AvgIpc) is 1.84. The average molecular weight is 152 g/mol. The molecule has 0 spiro atoms. The van der Waals surface area contributed by atoms with E-state index < -0.39 is 0 Å². The molecule has 3 aliphatic heterocycles. The maximum Gasteiger partial charge on any atom is 0.185 e. The third kappa shape index (κ3) is 1.11. The summed E-state index contributed by atoms with van der Waals surface area (Å²) in [7, 11) is 2.23. The van der Waals surface area contributed by atoms with E-state index in [2.05, 4.69) is 31.5 Å². The lowest BCUT2D eigenvalue weighted by Crippen LogP contribution is -2.69. The Bertz CT molecular complexity index is 148. The lowest BCUT2D eigenvalue weighted by Gasteiger charge is -2.58. The molecule has 2 unspecified atom stereocenters. The van der Waals surface area contributed by atoms with Crippen LogP contribution in [0.1, 0.15) is 20.3 Å². The van der Waals surface area contributed by atoms with E-state index in [9.17, 15) is 0 Å². The molecule has 3 fully saturated rings. The predicted molar refractivity (Wildman–Crippen MR) is 49.3 cm³/mol. The zero-order valence-corrected chi connectivity index (χ0v) is 7.75. The molecule has 3 heterocycles. The van der Waals surface area contributed by atoms with Crippen molar-refractivity contribution in [2.24, 2.45) is 0 Å². The fourth-order valence-corrected chi connectivity index (χ4v) is 2.69. The van der Waals surface area contributed by atoms with Gasteiger partial charge in [0.15, 0.2) is 7.98 Å². The third-order valence-corrected chi connectivity index (χ3v) is 3.03. The molecule has 3 saturated heterocycles. The minimum absolute atomic E-state index is 0.757. The Hall–Kier alpha value is -0.0151. The molecule has 3 rings (SSSR count). The third-order valence-electron chi connectivity index (χ3n) is 3.03. The largest absolute Gasteiger partial charge is 0.346 e. The van der Waals surface area contributed by atoms with Crippen molar-refractivity contribution in [2.45, 2.75) is 38.4 Å². The summed E-state index contributed by atoms with van der Waals surface area (Å²) in [4.78, 5) is 5.12. The fourth-order valence-electron chi connectivity index (χ4n) is 2.69. The molecule has 0 aromatic rings. The van der Waals surface area contributed by atoms with Crippen molar-refractivity contribution in [1.29, 1.82) is 0 Å². The van der Waals surface area contributed by atoms with Crippen LogP contribution in [0.25, 0.3) is 0 Å². The highest BCUT2D eigenvalue weighted by Gasteiger charge is 2.43. The van der Waals surface area contributed by atoms with Crippen LogP contribution in [-0.4, -0.2) is 48.9 Å². The Balaban J connectivity index is 1.98. The topological polar surface area (TPSA) is 6.48 Å². The minimum Gasteiger partial charge on any atom is -0.346 e. The van der Waals surface area contributed by atoms with Crippen molar-refractivity contribution in [3.63, 3.8) is 0 Å². The second-order valence-corrected chi connectivity index (χ2v) is 4.31. The standard InChI is InChI=1S/C8H17BN2/c1-6(2)11-7-3-8(11)5-10(9)4-7/h6-8H,3-5,9H2,1-2H3. The van der Waals surface area contributed by atoms with E-state index in [1.165, 1.54) is 19.5 Å². The van der Waals surface area contributed by atoms with Gasteiger partial charge < -0.3 is 4.81 Å². The first-order valence-corrected chi connectivity index (χ1v) is 4.64. The van der Waals surface area contributed by atoms with Gasteiger partial charge in [-0.05, 0) is 20.3 Å². The molecule has 0 N–H and O–H groups in total. The Morgan fingerprint density at radius 3 is 2.27 bits per heavy atom. The Kier molecular flexibility index (Phi) is 1.73. The van der Waals surface area contributed by atoms with Crippen molar-refractivity contribution in [1.82, 2.24) is 9.71 Å². The summed E-state index contributed by atoms with van der Waals surface area (Å²) in [5.74, 6) is 0. The summed E-state index contributed by atoms with van der Waals surface area (Å²) in [6, 6.07) is 2.50. The normalized spacial score (nSPS) is 39.2. The second-order valence-electron chi connectivity index (χ2n) is 4.31. The van der Waals surface area contributed by atoms with Gasteiger partial charge in [0, 0.05) is 31.2 Å². The molecule has 0 aromatic heterocycles. The molecule has 0 aromatic carbocycles. The second kappa shape index (κ2) is 2.49. The van der Waals surface area contributed by atoms with Gasteiger partial charge in [-0.25, -0.2) is 0 Å². The van der Waals surface area contributed by atoms with E-state index >= 15 is 0 Å². The molecule has 0 saturated carbocycles. The molecule has 0 aliphatic carbocycles. The molecule has 0 amide bonds. The monoisotopic (exact) mass is 152 g/mol. The van der Waals surface area contributed by atoms with Crippen LogP contribution in [0.3, 0.4) is 0 Å². The fraction of sp³-hybridized carbons (Fsp3) is 1.00. The SMILES string of the molecule is BN1CC2CC(C1)N2C(C)C. The molecule has 3 aliphatic rings. The number of hydrogen-bond acceptors (Lipinski definition) is 2. The summed E-state index contributed by atoms with van der Waals surface area (Å²) < 4.78 is 0. The van der Waals surface area contributed by atoms with Crippen LogP contribution < -0.4 is 0 Å². The van der Waals surface area contributed by atoms with Crippen LogP contribution in [0.2, 0.25) is 0 Å². The molecular formula is C8H17BN2. The van der Waals surface area contributed by atoms with Gasteiger partial charge in [0.25, 0.3) is 0 Å². The quantitative estimate of drug-likeness (QED) is 0.476. The Morgan fingerprint density at radius 1 is 1.27 bits per heavy atom. The molecule has 2 bridgehead atoms. The maximum absolute atomic E-state index is 2.67. The first-order valence-electron chi connectivity index (χ1n) is 4.64. The van der Waals surface area contributed by atoms with Gasteiger partial charge in [0.1, 0.15) is 0 Å². The van der Waals surface area contributed by atoms with Crippen LogP contribution in [0.5, 0.6) is 0 Å². The van der Waals surface area contributed by atoms with Gasteiger partial charge in [-0.1, -0.05) is 0 Å². The lowest BCUT2D eigenvalue weighted by atomic mass is 9.84. The van der Waals surface area contributed by atoms with Crippen molar-refractivity contribution in [3.8, 4) is 0 Å². The molecular weight excluding hydrogens is 135 g/mol. The minimum atomic E-state index is 0.757. The highest BCUT2D eigenvalue weighted by atomic mass is 15.3. The van der Waals surface area contributed by atoms with E-state index in [-0.39, 0.29) is 0 Å². The predicted octanol–water partition coefficient (Wildman–Crippen LogP) is -0.299. The van der Waals surface area contributed by atoms with Crippen LogP contribution in [0.4, 0.5) is 0 Å².